The molecule has 23 heavy (non-hydrogen) atoms. The summed E-state index contributed by atoms with van der Waals surface area (Å²) in [5, 5.41) is 9.55. The highest BCUT2D eigenvalue weighted by Gasteiger charge is 2.04. The van der Waals surface area contributed by atoms with Crippen molar-refractivity contribution in [2.24, 2.45) is 0 Å². The van der Waals surface area contributed by atoms with Gasteiger partial charge in [-0.2, -0.15) is 0 Å². The van der Waals surface area contributed by atoms with Crippen molar-refractivity contribution in [1.29, 1.82) is 0 Å². The molecule has 1 N–H and O–H groups in total. The number of carbonyl (C=O) groups is 1. The van der Waals surface area contributed by atoms with Crippen molar-refractivity contribution in [3.63, 3.8) is 0 Å². The zero-order valence-corrected chi connectivity index (χ0v) is 13.3. The van der Waals surface area contributed by atoms with E-state index in [1.165, 1.54) is 0 Å². The lowest BCUT2D eigenvalue weighted by molar-refractivity contribution is 0.112. The van der Waals surface area contributed by atoms with Gasteiger partial charge in [0.1, 0.15) is 12.0 Å². The van der Waals surface area contributed by atoms with Crippen molar-refractivity contribution in [3.8, 4) is 17.6 Å². The van der Waals surface area contributed by atoms with Crippen LogP contribution >= 0.6 is 0 Å². The van der Waals surface area contributed by atoms with Crippen molar-refractivity contribution in [3.05, 3.63) is 65.2 Å². The summed E-state index contributed by atoms with van der Waals surface area (Å²) in [4.78, 5) is 13.0. The van der Waals surface area contributed by atoms with Gasteiger partial charge < -0.3 is 5.11 Å². The zero-order valence-electron chi connectivity index (χ0n) is 13.3. The van der Waals surface area contributed by atoms with Gasteiger partial charge in [-0.05, 0) is 42.8 Å². The Labute approximate surface area is 137 Å². The number of phenolic OH excluding ortho intramolecular Hbond substituents is 1. The zero-order chi connectivity index (χ0) is 16.5. The Hall–Kier alpha value is -2.57. The average Bonchev–Trinajstić information content (AvgIpc) is 2.55. The maximum Gasteiger partial charge on any atom is 0.150 e. The van der Waals surface area contributed by atoms with Crippen molar-refractivity contribution < 1.29 is 9.90 Å². The van der Waals surface area contributed by atoms with Crippen LogP contribution in [0.5, 0.6) is 5.75 Å². The first-order valence-corrected chi connectivity index (χ1v) is 7.75. The monoisotopic (exact) mass is 307 g/mol. The first kappa shape index (κ1) is 16.8. The van der Waals surface area contributed by atoms with Gasteiger partial charge in [0.05, 0.1) is 6.54 Å². The third-order valence-corrected chi connectivity index (χ3v) is 3.41. The lowest BCUT2D eigenvalue weighted by atomic mass is 10.1. The van der Waals surface area contributed by atoms with Gasteiger partial charge in [0.15, 0.2) is 0 Å². The summed E-state index contributed by atoms with van der Waals surface area (Å²) in [5.41, 5.74) is 2.56. The number of aldehydes is 1. The van der Waals surface area contributed by atoms with E-state index in [1.54, 1.807) is 24.3 Å². The number of nitrogens with zero attached hydrogens (tertiary/aromatic N) is 1. The molecule has 0 aromatic heterocycles. The van der Waals surface area contributed by atoms with Crippen LogP contribution in [-0.4, -0.2) is 29.4 Å². The van der Waals surface area contributed by atoms with Gasteiger partial charge in [-0.1, -0.05) is 43.0 Å². The van der Waals surface area contributed by atoms with Crippen molar-refractivity contribution >= 4 is 6.29 Å². The van der Waals surface area contributed by atoms with E-state index in [-0.39, 0.29) is 5.75 Å². The van der Waals surface area contributed by atoms with E-state index in [9.17, 15) is 9.90 Å². The third kappa shape index (κ3) is 5.61. The van der Waals surface area contributed by atoms with Crippen molar-refractivity contribution in [1.82, 2.24) is 4.90 Å². The van der Waals surface area contributed by atoms with Crippen LogP contribution in [0, 0.1) is 11.8 Å². The molecule has 0 atom stereocenters. The molecule has 118 valence electrons. The Morgan fingerprint density at radius 3 is 2.74 bits per heavy atom. The number of phenols is 1. The van der Waals surface area contributed by atoms with Crippen LogP contribution < -0.4 is 0 Å². The van der Waals surface area contributed by atoms with E-state index < -0.39 is 0 Å². The van der Waals surface area contributed by atoms with Gasteiger partial charge in [0.25, 0.3) is 0 Å². The molecule has 0 saturated carbocycles. The molecular weight excluding hydrogens is 286 g/mol. The minimum absolute atomic E-state index is 0.288. The molecular formula is C20H21NO2. The van der Waals surface area contributed by atoms with Crippen LogP contribution in [0.15, 0.2) is 48.5 Å². The van der Waals surface area contributed by atoms with E-state index >= 15 is 0 Å². The summed E-state index contributed by atoms with van der Waals surface area (Å²) in [6.45, 7) is 4.48. The predicted molar refractivity (Wildman–Crippen MR) is 92.4 cm³/mol. The second-order valence-electron chi connectivity index (χ2n) is 5.43. The highest BCUT2D eigenvalue weighted by Crippen LogP contribution is 2.13. The standard InChI is InChI=1S/C20H21NO2/c1-2-11-21(15-18-7-4-10-20(23)14-18)12-5-9-17-6-3-8-19(13-17)16-22/h3-4,6-8,10,13-14,16,23H,2,11-12,15H2,1H3. The number of rotatable bonds is 6. The highest BCUT2D eigenvalue weighted by atomic mass is 16.3. The molecule has 0 radical (unpaired) electrons. The second kappa shape index (κ2) is 8.77. The normalized spacial score (nSPS) is 10.2. The van der Waals surface area contributed by atoms with Crippen LogP contribution in [0.2, 0.25) is 0 Å². The van der Waals surface area contributed by atoms with Crippen LogP contribution in [0.25, 0.3) is 0 Å². The third-order valence-electron chi connectivity index (χ3n) is 3.41. The van der Waals surface area contributed by atoms with Crippen molar-refractivity contribution in [2.45, 2.75) is 19.9 Å². The predicted octanol–water partition coefficient (Wildman–Crippen LogP) is 3.47. The molecule has 0 fully saturated rings. The Kier molecular flexibility index (Phi) is 6.40. The Morgan fingerprint density at radius 2 is 2.00 bits per heavy atom. The summed E-state index contributed by atoms with van der Waals surface area (Å²) in [6, 6.07) is 14.6. The number of hydrogen-bond donors (Lipinski definition) is 1. The summed E-state index contributed by atoms with van der Waals surface area (Å²) in [7, 11) is 0. The van der Waals surface area contributed by atoms with Crippen LogP contribution in [0.4, 0.5) is 0 Å². The molecule has 0 amide bonds. The largest absolute Gasteiger partial charge is 0.508 e. The van der Waals surface area contributed by atoms with E-state index in [0.717, 1.165) is 36.9 Å². The quantitative estimate of drug-likeness (QED) is 0.656. The Morgan fingerprint density at radius 1 is 1.17 bits per heavy atom. The van der Waals surface area contributed by atoms with Gasteiger partial charge in [0, 0.05) is 17.7 Å². The summed E-state index contributed by atoms with van der Waals surface area (Å²) < 4.78 is 0. The Balaban J connectivity index is 2.02. The molecule has 0 aliphatic rings. The first-order valence-electron chi connectivity index (χ1n) is 7.75. The molecule has 0 spiro atoms. The van der Waals surface area contributed by atoms with Crippen LogP contribution in [0.3, 0.4) is 0 Å². The molecule has 0 bridgehead atoms. The molecule has 3 nitrogen and oxygen atoms in total. The Bertz CT molecular complexity index is 713. The molecule has 0 aliphatic heterocycles. The van der Waals surface area contributed by atoms with Gasteiger partial charge in [-0.15, -0.1) is 0 Å². The topological polar surface area (TPSA) is 40.5 Å². The lowest BCUT2D eigenvalue weighted by Crippen LogP contribution is -2.24. The summed E-state index contributed by atoms with van der Waals surface area (Å²) in [5.74, 6) is 6.56. The molecule has 0 aliphatic carbocycles. The molecule has 0 unspecified atom stereocenters. The maximum absolute atomic E-state index is 10.8. The molecule has 3 heteroatoms. The lowest BCUT2D eigenvalue weighted by Gasteiger charge is -2.19. The van der Waals surface area contributed by atoms with Crippen LogP contribution in [0.1, 0.15) is 34.8 Å². The average molecular weight is 307 g/mol. The minimum Gasteiger partial charge on any atom is -0.508 e. The molecule has 2 aromatic rings. The number of benzene rings is 2. The van der Waals surface area contributed by atoms with E-state index in [0.29, 0.717) is 12.1 Å². The fraction of sp³-hybridized carbons (Fsp3) is 0.250. The molecule has 2 aromatic carbocycles. The number of carbonyl (C=O) groups excluding carboxylic acids is 1. The summed E-state index contributed by atoms with van der Waals surface area (Å²) >= 11 is 0. The number of hydrogen-bond acceptors (Lipinski definition) is 3. The number of aromatic hydroxyl groups is 1. The molecule has 0 saturated heterocycles. The van der Waals surface area contributed by atoms with Gasteiger partial charge in [-0.3, -0.25) is 9.69 Å². The molecule has 0 heterocycles. The van der Waals surface area contributed by atoms with Crippen molar-refractivity contribution in [2.75, 3.05) is 13.1 Å². The minimum atomic E-state index is 0.288. The van der Waals surface area contributed by atoms with Gasteiger partial charge >= 0.3 is 0 Å². The van der Waals surface area contributed by atoms with Gasteiger partial charge in [-0.25, -0.2) is 0 Å². The van der Waals surface area contributed by atoms with E-state index in [2.05, 4.69) is 23.7 Å². The van der Waals surface area contributed by atoms with Gasteiger partial charge in [0.2, 0.25) is 0 Å². The fourth-order valence-electron chi connectivity index (χ4n) is 2.39. The second-order valence-corrected chi connectivity index (χ2v) is 5.43. The smallest absolute Gasteiger partial charge is 0.150 e. The fourth-order valence-corrected chi connectivity index (χ4v) is 2.39. The van der Waals surface area contributed by atoms with Crippen LogP contribution in [-0.2, 0) is 6.54 Å². The van der Waals surface area contributed by atoms with E-state index in [4.69, 9.17) is 0 Å². The summed E-state index contributed by atoms with van der Waals surface area (Å²) in [6.07, 6.45) is 1.87. The van der Waals surface area contributed by atoms with E-state index in [1.807, 2.05) is 24.3 Å². The SMILES string of the molecule is CCCN(CC#Cc1cccc(C=O)c1)Cc1cccc(O)c1. The highest BCUT2D eigenvalue weighted by molar-refractivity contribution is 5.75. The molecule has 2 rings (SSSR count). The first-order chi connectivity index (χ1) is 11.2. The maximum atomic E-state index is 10.8.